The molecule has 100 valence electrons. The third-order valence-electron chi connectivity index (χ3n) is 3.76. The van der Waals surface area contributed by atoms with Gasteiger partial charge in [0.05, 0.1) is 6.04 Å². The van der Waals surface area contributed by atoms with Crippen molar-refractivity contribution in [3.8, 4) is 0 Å². The summed E-state index contributed by atoms with van der Waals surface area (Å²) in [5.41, 5.74) is 2.49. The quantitative estimate of drug-likeness (QED) is 0.852. The minimum Gasteiger partial charge on any atom is -0.361 e. The summed E-state index contributed by atoms with van der Waals surface area (Å²) in [5, 5.41) is 4.67. The number of fused-ring (bicyclic) bond motifs is 1. The number of aromatic amines is 1. The molecular formula is C15H18BrN3. The lowest BCUT2D eigenvalue weighted by Gasteiger charge is -2.33. The first kappa shape index (κ1) is 12.9. The van der Waals surface area contributed by atoms with E-state index in [4.69, 9.17) is 0 Å². The van der Waals surface area contributed by atoms with Crippen LogP contribution < -0.4 is 5.32 Å². The zero-order chi connectivity index (χ0) is 13.2. The van der Waals surface area contributed by atoms with Crippen LogP contribution in [0, 0.1) is 0 Å². The van der Waals surface area contributed by atoms with Crippen LogP contribution >= 0.6 is 15.9 Å². The van der Waals surface area contributed by atoms with Crippen LogP contribution in [0.1, 0.15) is 11.6 Å². The third kappa shape index (κ3) is 2.48. The molecular weight excluding hydrogens is 302 g/mol. The van der Waals surface area contributed by atoms with Crippen LogP contribution in [-0.2, 0) is 0 Å². The Kier molecular flexibility index (Phi) is 3.73. The minimum absolute atomic E-state index is 0.283. The maximum atomic E-state index is 4.03. The van der Waals surface area contributed by atoms with Crippen molar-refractivity contribution in [3.63, 3.8) is 0 Å². The molecule has 0 unspecified atom stereocenters. The Balaban J connectivity index is 2.00. The summed E-state index contributed by atoms with van der Waals surface area (Å²) in [4.78, 5) is 5.84. The average Bonchev–Trinajstić information content (AvgIpc) is 2.84. The van der Waals surface area contributed by atoms with Crippen LogP contribution in [0.2, 0.25) is 0 Å². The first-order valence-corrected chi connectivity index (χ1v) is 7.43. The number of benzene rings is 1. The Morgan fingerprint density at radius 3 is 2.84 bits per heavy atom. The number of hydrogen-bond acceptors (Lipinski definition) is 2. The second-order valence-electron chi connectivity index (χ2n) is 4.90. The molecule has 2 aromatic rings. The van der Waals surface area contributed by atoms with E-state index in [2.05, 4.69) is 68.2 Å². The van der Waals surface area contributed by atoms with Gasteiger partial charge < -0.3 is 10.3 Å². The number of nitrogens with zero attached hydrogens (tertiary/aromatic N) is 1. The van der Waals surface area contributed by atoms with E-state index in [1.165, 1.54) is 16.5 Å². The molecule has 2 N–H and O–H groups in total. The number of hydrogen-bond donors (Lipinski definition) is 2. The lowest BCUT2D eigenvalue weighted by molar-refractivity contribution is 0.204. The van der Waals surface area contributed by atoms with Gasteiger partial charge in [-0.3, -0.25) is 4.90 Å². The normalized spacial score (nSPS) is 18.6. The van der Waals surface area contributed by atoms with Crippen molar-refractivity contribution in [2.45, 2.75) is 6.04 Å². The van der Waals surface area contributed by atoms with Crippen molar-refractivity contribution in [1.82, 2.24) is 15.2 Å². The van der Waals surface area contributed by atoms with Crippen LogP contribution in [0.3, 0.4) is 0 Å². The first-order valence-electron chi connectivity index (χ1n) is 6.63. The molecule has 0 radical (unpaired) electrons. The number of halogens is 1. The summed E-state index contributed by atoms with van der Waals surface area (Å²) >= 11 is 3.56. The molecule has 0 aliphatic carbocycles. The summed E-state index contributed by atoms with van der Waals surface area (Å²) in [6, 6.07) is 6.64. The highest BCUT2D eigenvalue weighted by Gasteiger charge is 2.21. The Bertz CT molecular complexity index is 584. The second-order valence-corrected chi connectivity index (χ2v) is 5.82. The van der Waals surface area contributed by atoms with E-state index in [0.717, 1.165) is 30.7 Å². The first-order chi connectivity index (χ1) is 9.29. The van der Waals surface area contributed by atoms with Crippen LogP contribution in [0.15, 0.2) is 41.5 Å². The van der Waals surface area contributed by atoms with Crippen molar-refractivity contribution in [2.75, 3.05) is 26.2 Å². The summed E-state index contributed by atoms with van der Waals surface area (Å²) in [5.74, 6) is 0. The zero-order valence-electron chi connectivity index (χ0n) is 10.8. The molecule has 1 aromatic heterocycles. The number of rotatable bonds is 3. The molecule has 1 aliphatic heterocycles. The van der Waals surface area contributed by atoms with Crippen LogP contribution in [-0.4, -0.2) is 36.1 Å². The van der Waals surface area contributed by atoms with E-state index < -0.39 is 0 Å². The fourth-order valence-corrected chi connectivity index (χ4v) is 3.15. The van der Waals surface area contributed by atoms with Gasteiger partial charge in [0.15, 0.2) is 0 Å². The topological polar surface area (TPSA) is 31.1 Å². The van der Waals surface area contributed by atoms with E-state index in [1.807, 2.05) is 0 Å². The summed E-state index contributed by atoms with van der Waals surface area (Å²) in [6.07, 6.45) is 4.17. The lowest BCUT2D eigenvalue weighted by atomic mass is 10.0. The Morgan fingerprint density at radius 2 is 2.11 bits per heavy atom. The molecule has 0 amide bonds. The van der Waals surface area contributed by atoms with Gasteiger partial charge in [0.2, 0.25) is 0 Å². The highest BCUT2D eigenvalue weighted by molar-refractivity contribution is 9.10. The van der Waals surface area contributed by atoms with Crippen LogP contribution in [0.25, 0.3) is 10.9 Å². The summed E-state index contributed by atoms with van der Waals surface area (Å²) < 4.78 is 1.11. The van der Waals surface area contributed by atoms with E-state index in [0.29, 0.717) is 0 Å². The number of H-pyrrole nitrogens is 1. The molecule has 2 heterocycles. The van der Waals surface area contributed by atoms with Gasteiger partial charge in [-0.05, 0) is 23.8 Å². The summed E-state index contributed by atoms with van der Waals surface area (Å²) in [6.45, 7) is 8.27. The fraction of sp³-hybridized carbons (Fsp3) is 0.333. The van der Waals surface area contributed by atoms with E-state index in [-0.39, 0.29) is 6.04 Å². The standard InChI is InChI=1S/C15H18BrN3/c1-2-15(19-7-5-17-6-8-19)13-10-18-14-4-3-11(16)9-12(13)14/h2-4,9-10,15,17-18H,1,5-8H2/t15-/m1/s1. The SMILES string of the molecule is C=C[C@H](c1c[nH]c2ccc(Br)cc12)N1CCNCC1. The van der Waals surface area contributed by atoms with Gasteiger partial charge in [-0.1, -0.05) is 22.0 Å². The Labute approximate surface area is 121 Å². The molecule has 4 heteroatoms. The molecule has 1 saturated heterocycles. The molecule has 3 rings (SSSR count). The molecule has 1 aliphatic rings. The fourth-order valence-electron chi connectivity index (χ4n) is 2.79. The average molecular weight is 320 g/mol. The van der Waals surface area contributed by atoms with Crippen LogP contribution in [0.5, 0.6) is 0 Å². The predicted molar refractivity (Wildman–Crippen MR) is 83.4 cm³/mol. The van der Waals surface area contributed by atoms with E-state index >= 15 is 0 Å². The Morgan fingerprint density at radius 1 is 1.32 bits per heavy atom. The van der Waals surface area contributed by atoms with Crippen molar-refractivity contribution < 1.29 is 0 Å². The largest absolute Gasteiger partial charge is 0.361 e. The van der Waals surface area contributed by atoms with Gasteiger partial charge in [-0.25, -0.2) is 0 Å². The number of aromatic nitrogens is 1. The molecule has 3 nitrogen and oxygen atoms in total. The van der Waals surface area contributed by atoms with Gasteiger partial charge in [0.25, 0.3) is 0 Å². The zero-order valence-corrected chi connectivity index (χ0v) is 12.4. The minimum atomic E-state index is 0.283. The van der Waals surface area contributed by atoms with Gasteiger partial charge in [-0.2, -0.15) is 0 Å². The maximum Gasteiger partial charge on any atom is 0.0551 e. The monoisotopic (exact) mass is 319 g/mol. The molecule has 19 heavy (non-hydrogen) atoms. The van der Waals surface area contributed by atoms with Gasteiger partial charge in [-0.15, -0.1) is 6.58 Å². The number of piperazine rings is 1. The molecule has 0 bridgehead atoms. The van der Waals surface area contributed by atoms with Gasteiger partial charge in [0.1, 0.15) is 0 Å². The second kappa shape index (κ2) is 5.49. The highest BCUT2D eigenvalue weighted by Crippen LogP contribution is 2.31. The van der Waals surface area contributed by atoms with Crippen molar-refractivity contribution in [1.29, 1.82) is 0 Å². The van der Waals surface area contributed by atoms with E-state index in [1.54, 1.807) is 0 Å². The Hall–Kier alpha value is -1.10. The van der Waals surface area contributed by atoms with Crippen LogP contribution in [0.4, 0.5) is 0 Å². The predicted octanol–water partition coefficient (Wildman–Crippen LogP) is 3.06. The number of nitrogens with one attached hydrogen (secondary N) is 2. The smallest absolute Gasteiger partial charge is 0.0551 e. The maximum absolute atomic E-state index is 4.03. The summed E-state index contributed by atoms with van der Waals surface area (Å²) in [7, 11) is 0. The van der Waals surface area contributed by atoms with Gasteiger partial charge >= 0.3 is 0 Å². The third-order valence-corrected chi connectivity index (χ3v) is 4.26. The van der Waals surface area contributed by atoms with Gasteiger partial charge in [0, 0.05) is 47.8 Å². The molecule has 1 fully saturated rings. The van der Waals surface area contributed by atoms with Crippen molar-refractivity contribution in [2.24, 2.45) is 0 Å². The molecule has 0 saturated carbocycles. The van der Waals surface area contributed by atoms with Crippen molar-refractivity contribution >= 4 is 26.8 Å². The molecule has 1 aromatic carbocycles. The van der Waals surface area contributed by atoms with E-state index in [9.17, 15) is 0 Å². The highest BCUT2D eigenvalue weighted by atomic mass is 79.9. The molecule has 1 atom stereocenters. The lowest BCUT2D eigenvalue weighted by Crippen LogP contribution is -2.44. The molecule has 0 spiro atoms. The van der Waals surface area contributed by atoms with Crippen molar-refractivity contribution in [3.05, 3.63) is 47.1 Å².